The van der Waals surface area contributed by atoms with Crippen molar-refractivity contribution in [2.45, 2.75) is 11.7 Å². The number of furan rings is 1. The summed E-state index contributed by atoms with van der Waals surface area (Å²) in [5, 5.41) is 14.4. The molecule has 1 amide bonds. The summed E-state index contributed by atoms with van der Waals surface area (Å²) in [6.07, 6.45) is 5.05. The molecule has 0 radical (unpaired) electrons. The zero-order chi connectivity index (χ0) is 21.8. The molecule has 0 unspecified atom stereocenters. The van der Waals surface area contributed by atoms with Gasteiger partial charge in [0, 0.05) is 24.3 Å². The van der Waals surface area contributed by atoms with Crippen LogP contribution in [0.3, 0.4) is 0 Å². The lowest BCUT2D eigenvalue weighted by Gasteiger charge is -2.12. The van der Waals surface area contributed by atoms with Crippen molar-refractivity contribution in [3.8, 4) is 17.3 Å². The molecule has 0 saturated carbocycles. The fraction of sp³-hybridized carbons (Fsp3) is 0.0833. The second kappa shape index (κ2) is 9.07. The van der Waals surface area contributed by atoms with Gasteiger partial charge in [-0.2, -0.15) is 0 Å². The van der Waals surface area contributed by atoms with Gasteiger partial charge in [0.25, 0.3) is 0 Å². The predicted octanol–water partition coefficient (Wildman–Crippen LogP) is 4.48. The van der Waals surface area contributed by atoms with E-state index in [2.05, 4.69) is 38.7 Å². The van der Waals surface area contributed by atoms with Crippen LogP contribution in [0.4, 0.5) is 0 Å². The quantitative estimate of drug-likeness (QED) is 0.375. The number of hydrogen-bond acceptors (Lipinski definition) is 6. The molecule has 5 rings (SSSR count). The van der Waals surface area contributed by atoms with Gasteiger partial charge in [0.2, 0.25) is 11.7 Å². The normalized spacial score (nSPS) is 11.0. The Morgan fingerprint density at radius 3 is 2.75 bits per heavy atom. The summed E-state index contributed by atoms with van der Waals surface area (Å²) in [5.41, 5.74) is 1.88. The highest BCUT2D eigenvalue weighted by Gasteiger charge is 2.20. The van der Waals surface area contributed by atoms with Gasteiger partial charge < -0.3 is 9.73 Å². The number of hydrogen-bond donors (Lipinski definition) is 1. The molecular formula is C24H19N5O2S. The molecule has 0 aliphatic rings. The molecule has 3 aromatic heterocycles. The number of carbonyl (C=O) groups is 1. The zero-order valence-electron chi connectivity index (χ0n) is 17.0. The van der Waals surface area contributed by atoms with E-state index < -0.39 is 0 Å². The molecular weight excluding hydrogens is 422 g/mol. The van der Waals surface area contributed by atoms with E-state index in [0.29, 0.717) is 23.3 Å². The van der Waals surface area contributed by atoms with E-state index in [1.54, 1.807) is 18.7 Å². The molecule has 0 spiro atoms. The van der Waals surface area contributed by atoms with Gasteiger partial charge in [-0.25, -0.2) is 0 Å². The molecule has 3 heterocycles. The Bertz CT molecular complexity index is 1340. The minimum absolute atomic E-state index is 0.0918. The number of rotatable bonds is 7. The largest absolute Gasteiger partial charge is 0.461 e. The number of amides is 1. The molecule has 0 bridgehead atoms. The number of benzene rings is 2. The number of nitrogens with one attached hydrogen (secondary N) is 1. The Labute approximate surface area is 188 Å². The molecule has 0 fully saturated rings. The van der Waals surface area contributed by atoms with Gasteiger partial charge in [0.05, 0.1) is 17.7 Å². The Morgan fingerprint density at radius 2 is 1.91 bits per heavy atom. The Hall–Kier alpha value is -3.91. The highest BCUT2D eigenvalue weighted by molar-refractivity contribution is 7.99. The van der Waals surface area contributed by atoms with Crippen LogP contribution in [0.2, 0.25) is 0 Å². The summed E-state index contributed by atoms with van der Waals surface area (Å²) < 4.78 is 7.55. The third-order valence-electron chi connectivity index (χ3n) is 4.93. The zero-order valence-corrected chi connectivity index (χ0v) is 17.8. The maximum Gasteiger partial charge on any atom is 0.230 e. The SMILES string of the molecule is O=C(CSc1nnc(-c2ccco2)n1-c1cccc2ccccc12)NCc1cccnc1. The van der Waals surface area contributed by atoms with Crippen LogP contribution in [-0.2, 0) is 11.3 Å². The number of fused-ring (bicyclic) bond motifs is 1. The van der Waals surface area contributed by atoms with E-state index >= 15 is 0 Å². The first kappa shape index (κ1) is 20.0. The summed E-state index contributed by atoms with van der Waals surface area (Å²) in [6, 6.07) is 21.6. The van der Waals surface area contributed by atoms with Gasteiger partial charge in [0.15, 0.2) is 10.9 Å². The van der Waals surface area contributed by atoms with Crippen molar-refractivity contribution < 1.29 is 9.21 Å². The van der Waals surface area contributed by atoms with Gasteiger partial charge in [-0.3, -0.25) is 14.3 Å². The van der Waals surface area contributed by atoms with Crippen LogP contribution >= 0.6 is 11.8 Å². The van der Waals surface area contributed by atoms with Gasteiger partial charge in [-0.15, -0.1) is 10.2 Å². The van der Waals surface area contributed by atoms with Crippen LogP contribution in [-0.4, -0.2) is 31.4 Å². The minimum Gasteiger partial charge on any atom is -0.461 e. The lowest BCUT2D eigenvalue weighted by atomic mass is 10.1. The van der Waals surface area contributed by atoms with Crippen molar-refractivity contribution in [1.82, 2.24) is 25.1 Å². The molecule has 0 aliphatic heterocycles. The summed E-state index contributed by atoms with van der Waals surface area (Å²) >= 11 is 1.33. The highest BCUT2D eigenvalue weighted by atomic mass is 32.2. The monoisotopic (exact) mass is 441 g/mol. The molecule has 7 nitrogen and oxygen atoms in total. The third-order valence-corrected chi connectivity index (χ3v) is 5.86. The van der Waals surface area contributed by atoms with E-state index in [-0.39, 0.29) is 11.7 Å². The van der Waals surface area contributed by atoms with Crippen LogP contribution in [0.25, 0.3) is 28.0 Å². The second-order valence-corrected chi connectivity index (χ2v) is 7.99. The van der Waals surface area contributed by atoms with Gasteiger partial charge in [0.1, 0.15) is 0 Å². The fourth-order valence-corrected chi connectivity index (χ4v) is 4.21. The molecule has 0 saturated heterocycles. The van der Waals surface area contributed by atoms with Crippen molar-refractivity contribution in [3.05, 3.63) is 91.0 Å². The lowest BCUT2D eigenvalue weighted by molar-refractivity contribution is -0.118. The summed E-state index contributed by atoms with van der Waals surface area (Å²) in [5.74, 6) is 1.32. The molecule has 32 heavy (non-hydrogen) atoms. The van der Waals surface area contributed by atoms with Gasteiger partial charge in [-0.05, 0) is 35.2 Å². The maximum atomic E-state index is 12.5. The van der Waals surface area contributed by atoms with Crippen molar-refractivity contribution in [2.24, 2.45) is 0 Å². The average Bonchev–Trinajstić information content (AvgIpc) is 3.51. The fourth-order valence-electron chi connectivity index (χ4n) is 3.43. The van der Waals surface area contributed by atoms with Gasteiger partial charge in [-0.1, -0.05) is 54.2 Å². The Kier molecular flexibility index (Phi) is 5.67. The summed E-state index contributed by atoms with van der Waals surface area (Å²) in [4.78, 5) is 16.5. The van der Waals surface area contributed by atoms with Crippen molar-refractivity contribution >= 4 is 28.4 Å². The first-order chi connectivity index (χ1) is 15.8. The van der Waals surface area contributed by atoms with Crippen molar-refractivity contribution in [1.29, 1.82) is 0 Å². The summed E-state index contributed by atoms with van der Waals surface area (Å²) in [6.45, 7) is 0.431. The Morgan fingerprint density at radius 1 is 1.00 bits per heavy atom. The van der Waals surface area contributed by atoms with E-state index in [4.69, 9.17) is 4.42 Å². The number of thioether (sulfide) groups is 1. The standard InChI is InChI=1S/C24H19N5O2S/c30-22(26-15-17-6-4-12-25-14-17)16-32-24-28-27-23(21-11-5-13-31-21)29(24)20-10-3-8-18-7-1-2-9-19(18)20/h1-14H,15-16H2,(H,26,30). The van der Waals surface area contributed by atoms with Crippen LogP contribution < -0.4 is 5.32 Å². The molecule has 1 N–H and O–H groups in total. The van der Waals surface area contributed by atoms with E-state index in [0.717, 1.165) is 22.0 Å². The highest BCUT2D eigenvalue weighted by Crippen LogP contribution is 2.31. The average molecular weight is 442 g/mol. The predicted molar refractivity (Wildman–Crippen MR) is 123 cm³/mol. The first-order valence-electron chi connectivity index (χ1n) is 10.1. The van der Waals surface area contributed by atoms with Crippen LogP contribution in [0, 0.1) is 0 Å². The first-order valence-corrected chi connectivity index (χ1v) is 11.0. The number of aromatic nitrogens is 4. The maximum absolute atomic E-state index is 12.5. The second-order valence-electron chi connectivity index (χ2n) is 7.04. The van der Waals surface area contributed by atoms with E-state index in [1.807, 2.05) is 53.1 Å². The molecule has 5 aromatic rings. The molecule has 158 valence electrons. The topological polar surface area (TPSA) is 85.8 Å². The summed E-state index contributed by atoms with van der Waals surface area (Å²) in [7, 11) is 0. The van der Waals surface area contributed by atoms with E-state index in [9.17, 15) is 4.79 Å². The van der Waals surface area contributed by atoms with Crippen LogP contribution in [0.15, 0.2) is 95.0 Å². The van der Waals surface area contributed by atoms with Crippen LogP contribution in [0.1, 0.15) is 5.56 Å². The van der Waals surface area contributed by atoms with Gasteiger partial charge >= 0.3 is 0 Å². The Balaban J connectivity index is 1.44. The number of carbonyl (C=O) groups excluding carboxylic acids is 1. The van der Waals surface area contributed by atoms with Crippen LogP contribution in [0.5, 0.6) is 0 Å². The molecule has 8 heteroatoms. The molecule has 0 atom stereocenters. The molecule has 0 aliphatic carbocycles. The third kappa shape index (κ3) is 4.13. The van der Waals surface area contributed by atoms with Crippen molar-refractivity contribution in [2.75, 3.05) is 5.75 Å². The number of pyridine rings is 1. The minimum atomic E-state index is -0.0918. The van der Waals surface area contributed by atoms with Crippen molar-refractivity contribution in [3.63, 3.8) is 0 Å². The smallest absolute Gasteiger partial charge is 0.230 e. The van der Waals surface area contributed by atoms with E-state index in [1.165, 1.54) is 11.8 Å². The molecule has 2 aromatic carbocycles. The number of nitrogens with zero attached hydrogens (tertiary/aromatic N) is 4. The lowest BCUT2D eigenvalue weighted by Crippen LogP contribution is -2.24.